The maximum atomic E-state index is 5.56. The molecule has 118 valence electrons. The number of anilines is 2. The zero-order chi connectivity index (χ0) is 15.1. The topological polar surface area (TPSA) is 50.3 Å². The van der Waals surface area contributed by atoms with Gasteiger partial charge < -0.3 is 15.0 Å². The van der Waals surface area contributed by atoms with E-state index in [0.29, 0.717) is 0 Å². The van der Waals surface area contributed by atoms with Gasteiger partial charge in [0.15, 0.2) is 0 Å². The van der Waals surface area contributed by atoms with Crippen LogP contribution in [0.4, 0.5) is 11.6 Å². The Hall–Kier alpha value is -1.36. The minimum absolute atomic E-state index is 0.782. The zero-order valence-corrected chi connectivity index (χ0v) is 13.6. The lowest BCUT2D eigenvalue weighted by Gasteiger charge is -2.24. The molecule has 0 aliphatic carbocycles. The summed E-state index contributed by atoms with van der Waals surface area (Å²) in [6.07, 6.45) is 4.15. The van der Waals surface area contributed by atoms with Crippen LogP contribution in [0.15, 0.2) is 0 Å². The molecule has 2 rings (SSSR count). The van der Waals surface area contributed by atoms with E-state index in [1.807, 2.05) is 0 Å². The monoisotopic (exact) mass is 292 g/mol. The summed E-state index contributed by atoms with van der Waals surface area (Å²) in [5.74, 6) is 3.02. The number of rotatable bonds is 6. The van der Waals surface area contributed by atoms with Gasteiger partial charge in [-0.15, -0.1) is 0 Å². The molecule has 0 aromatic carbocycles. The second-order valence-electron chi connectivity index (χ2n) is 5.57. The molecule has 1 aliphatic heterocycles. The lowest BCUT2D eigenvalue weighted by molar-refractivity contribution is 0.152. The fourth-order valence-corrected chi connectivity index (χ4v) is 2.57. The van der Waals surface area contributed by atoms with Crippen molar-refractivity contribution in [1.29, 1.82) is 0 Å². The highest BCUT2D eigenvalue weighted by molar-refractivity contribution is 5.58. The van der Waals surface area contributed by atoms with E-state index < -0.39 is 0 Å². The van der Waals surface area contributed by atoms with Crippen LogP contribution in [0.3, 0.4) is 0 Å². The summed E-state index contributed by atoms with van der Waals surface area (Å²) in [7, 11) is 0. The van der Waals surface area contributed by atoms with E-state index >= 15 is 0 Å². The van der Waals surface area contributed by atoms with E-state index in [1.54, 1.807) is 0 Å². The van der Waals surface area contributed by atoms with Gasteiger partial charge in [-0.1, -0.05) is 13.8 Å². The summed E-state index contributed by atoms with van der Waals surface area (Å²) in [5.41, 5.74) is 1.16. The van der Waals surface area contributed by atoms with Crippen molar-refractivity contribution in [2.24, 2.45) is 0 Å². The van der Waals surface area contributed by atoms with Crippen LogP contribution in [0, 0.1) is 6.92 Å². The van der Waals surface area contributed by atoms with Gasteiger partial charge in [0.25, 0.3) is 0 Å². The van der Waals surface area contributed by atoms with E-state index in [9.17, 15) is 0 Å². The first-order chi connectivity index (χ1) is 10.3. The molecular weight excluding hydrogens is 264 g/mol. The maximum Gasteiger partial charge on any atom is 0.137 e. The Morgan fingerprint density at radius 2 is 2.00 bits per heavy atom. The molecule has 1 aliphatic rings. The van der Waals surface area contributed by atoms with Gasteiger partial charge in [-0.2, -0.15) is 0 Å². The van der Waals surface area contributed by atoms with Crippen LogP contribution in [-0.4, -0.2) is 42.8 Å². The van der Waals surface area contributed by atoms with Crippen molar-refractivity contribution >= 4 is 11.6 Å². The van der Waals surface area contributed by atoms with Gasteiger partial charge in [0.05, 0.1) is 6.61 Å². The summed E-state index contributed by atoms with van der Waals surface area (Å²) < 4.78 is 5.56. The summed E-state index contributed by atoms with van der Waals surface area (Å²) in [5, 5.41) is 3.45. The van der Waals surface area contributed by atoms with Gasteiger partial charge in [-0.25, -0.2) is 9.97 Å². The number of nitrogens with zero attached hydrogens (tertiary/aromatic N) is 3. The Bertz CT molecular complexity index is 442. The van der Waals surface area contributed by atoms with Gasteiger partial charge in [0.1, 0.15) is 17.5 Å². The number of hydrogen-bond donors (Lipinski definition) is 1. The quantitative estimate of drug-likeness (QED) is 0.873. The lowest BCUT2D eigenvalue weighted by Crippen LogP contribution is -2.28. The molecule has 21 heavy (non-hydrogen) atoms. The Kier molecular flexibility index (Phi) is 6.23. The molecule has 0 spiro atoms. The minimum Gasteiger partial charge on any atom is -0.380 e. The van der Waals surface area contributed by atoms with Crippen molar-refractivity contribution in [3.63, 3.8) is 0 Å². The first-order valence-corrected chi connectivity index (χ1v) is 8.20. The molecule has 5 heteroatoms. The largest absolute Gasteiger partial charge is 0.380 e. The fraction of sp³-hybridized carbons (Fsp3) is 0.750. The molecule has 2 heterocycles. The molecule has 5 nitrogen and oxygen atoms in total. The number of aryl methyl sites for hydroxylation is 1. The average molecular weight is 292 g/mol. The Morgan fingerprint density at radius 1 is 1.14 bits per heavy atom. The molecule has 1 aromatic heterocycles. The standard InChI is InChI=1S/C16H28N4O/c1-4-7-14-18-15(17-8-5-2)13(3)16(19-14)20-9-6-11-21-12-10-20/h4-12H2,1-3H3,(H,17,18,19). The smallest absolute Gasteiger partial charge is 0.137 e. The molecule has 1 N–H and O–H groups in total. The highest BCUT2D eigenvalue weighted by Crippen LogP contribution is 2.25. The molecule has 1 fully saturated rings. The predicted octanol–water partition coefficient (Wildman–Crippen LogP) is 2.79. The van der Waals surface area contributed by atoms with Crippen LogP contribution in [-0.2, 0) is 11.2 Å². The molecular formula is C16H28N4O. The van der Waals surface area contributed by atoms with Crippen LogP contribution in [0.25, 0.3) is 0 Å². The lowest BCUT2D eigenvalue weighted by atomic mass is 10.2. The Morgan fingerprint density at radius 3 is 2.76 bits per heavy atom. The second-order valence-corrected chi connectivity index (χ2v) is 5.57. The summed E-state index contributed by atoms with van der Waals surface area (Å²) in [6.45, 7) is 11.0. The third-order valence-electron chi connectivity index (χ3n) is 3.70. The highest BCUT2D eigenvalue weighted by Gasteiger charge is 2.17. The SMILES string of the molecule is CCCNc1nc(CCC)nc(N2CCCOCC2)c1C. The molecule has 0 radical (unpaired) electrons. The van der Waals surface area contributed by atoms with Gasteiger partial charge >= 0.3 is 0 Å². The summed E-state index contributed by atoms with van der Waals surface area (Å²) in [6, 6.07) is 0. The van der Waals surface area contributed by atoms with Gasteiger partial charge in [0.2, 0.25) is 0 Å². The average Bonchev–Trinajstić information content (AvgIpc) is 2.76. The molecule has 0 unspecified atom stereocenters. The third kappa shape index (κ3) is 4.30. The maximum absolute atomic E-state index is 5.56. The number of ether oxygens (including phenoxy) is 1. The van der Waals surface area contributed by atoms with E-state index in [2.05, 4.69) is 31.0 Å². The van der Waals surface area contributed by atoms with Crippen molar-refractivity contribution in [2.45, 2.75) is 46.5 Å². The molecule has 1 aromatic rings. The first kappa shape index (κ1) is 16.0. The molecule has 0 bridgehead atoms. The van der Waals surface area contributed by atoms with Crippen LogP contribution in [0.5, 0.6) is 0 Å². The van der Waals surface area contributed by atoms with Crippen LogP contribution < -0.4 is 10.2 Å². The van der Waals surface area contributed by atoms with Gasteiger partial charge in [0, 0.05) is 38.2 Å². The predicted molar refractivity (Wildman–Crippen MR) is 87.2 cm³/mol. The van der Waals surface area contributed by atoms with Crippen LogP contribution in [0.1, 0.15) is 44.5 Å². The van der Waals surface area contributed by atoms with Gasteiger partial charge in [-0.05, 0) is 26.2 Å². The van der Waals surface area contributed by atoms with Crippen LogP contribution >= 0.6 is 0 Å². The molecule has 0 atom stereocenters. The highest BCUT2D eigenvalue weighted by atomic mass is 16.5. The van der Waals surface area contributed by atoms with Crippen molar-refractivity contribution in [3.8, 4) is 0 Å². The van der Waals surface area contributed by atoms with Crippen molar-refractivity contribution < 1.29 is 4.74 Å². The van der Waals surface area contributed by atoms with E-state index in [0.717, 1.165) is 81.6 Å². The molecule has 0 saturated carbocycles. The minimum atomic E-state index is 0.782. The Labute approximate surface area is 128 Å². The molecule has 1 saturated heterocycles. The summed E-state index contributed by atoms with van der Waals surface area (Å²) in [4.78, 5) is 11.9. The Balaban J connectivity index is 2.29. The zero-order valence-electron chi connectivity index (χ0n) is 13.6. The van der Waals surface area contributed by atoms with Gasteiger partial charge in [-0.3, -0.25) is 0 Å². The van der Waals surface area contributed by atoms with E-state index in [-0.39, 0.29) is 0 Å². The summed E-state index contributed by atoms with van der Waals surface area (Å²) >= 11 is 0. The number of aromatic nitrogens is 2. The van der Waals surface area contributed by atoms with E-state index in [1.165, 1.54) is 0 Å². The first-order valence-electron chi connectivity index (χ1n) is 8.20. The molecule has 0 amide bonds. The second kappa shape index (κ2) is 8.17. The number of hydrogen-bond acceptors (Lipinski definition) is 5. The fourth-order valence-electron chi connectivity index (χ4n) is 2.57. The van der Waals surface area contributed by atoms with Crippen molar-refractivity contribution in [1.82, 2.24) is 9.97 Å². The van der Waals surface area contributed by atoms with Crippen molar-refractivity contribution in [3.05, 3.63) is 11.4 Å². The van der Waals surface area contributed by atoms with Crippen LogP contribution in [0.2, 0.25) is 0 Å². The number of nitrogens with one attached hydrogen (secondary N) is 1. The normalized spacial score (nSPS) is 15.9. The van der Waals surface area contributed by atoms with Crippen molar-refractivity contribution in [2.75, 3.05) is 43.1 Å². The van der Waals surface area contributed by atoms with E-state index in [4.69, 9.17) is 14.7 Å². The third-order valence-corrected chi connectivity index (χ3v) is 3.70.